The van der Waals surface area contributed by atoms with E-state index in [4.69, 9.17) is 9.47 Å². The first kappa shape index (κ1) is 19.5. The van der Waals surface area contributed by atoms with Gasteiger partial charge in [-0.2, -0.15) is 0 Å². The molecule has 0 amide bonds. The Morgan fingerprint density at radius 3 is 2.88 bits per heavy atom. The van der Waals surface area contributed by atoms with E-state index in [9.17, 15) is 0 Å². The number of methoxy groups -OCH3 is 1. The van der Waals surface area contributed by atoms with Crippen LogP contribution in [0.1, 0.15) is 18.2 Å². The molecule has 1 aliphatic heterocycles. The molecule has 1 aromatic heterocycles. The van der Waals surface area contributed by atoms with Gasteiger partial charge in [0.05, 0.1) is 12.8 Å². The molecule has 2 aromatic rings. The highest BCUT2D eigenvalue weighted by Crippen LogP contribution is 2.26. The Labute approximate surface area is 155 Å². The van der Waals surface area contributed by atoms with Crippen molar-refractivity contribution >= 4 is 12.4 Å². The maximum absolute atomic E-state index is 6.03. The topological polar surface area (TPSA) is 46.6 Å². The van der Waals surface area contributed by atoms with Crippen molar-refractivity contribution in [3.05, 3.63) is 53.9 Å². The van der Waals surface area contributed by atoms with Crippen LogP contribution in [0, 0.1) is 0 Å². The van der Waals surface area contributed by atoms with Crippen LogP contribution >= 0.6 is 12.4 Å². The monoisotopic (exact) mass is 363 g/mol. The lowest BCUT2D eigenvalue weighted by molar-refractivity contribution is 0.195. The lowest BCUT2D eigenvalue weighted by Gasteiger charge is -2.32. The minimum atomic E-state index is 0. The predicted octanol–water partition coefficient (Wildman–Crippen LogP) is 2.88. The Hall–Kier alpha value is -1.82. The molecule has 1 atom stereocenters. The summed E-state index contributed by atoms with van der Waals surface area (Å²) < 4.78 is 11.4. The molecular formula is C19H26ClN3O2. The summed E-state index contributed by atoms with van der Waals surface area (Å²) in [7, 11) is 1.69. The van der Waals surface area contributed by atoms with Gasteiger partial charge >= 0.3 is 0 Å². The molecule has 0 aliphatic carbocycles. The average molecular weight is 364 g/mol. The third-order valence-electron chi connectivity index (χ3n) is 4.22. The predicted molar refractivity (Wildman–Crippen MR) is 102 cm³/mol. The van der Waals surface area contributed by atoms with E-state index in [1.165, 1.54) is 0 Å². The molecule has 25 heavy (non-hydrogen) atoms. The van der Waals surface area contributed by atoms with Gasteiger partial charge in [0.2, 0.25) is 0 Å². The largest absolute Gasteiger partial charge is 0.497 e. The van der Waals surface area contributed by atoms with E-state index in [-0.39, 0.29) is 12.4 Å². The van der Waals surface area contributed by atoms with Crippen LogP contribution in [0.25, 0.3) is 0 Å². The van der Waals surface area contributed by atoms with Crippen LogP contribution in [0.15, 0.2) is 42.6 Å². The first-order valence-electron chi connectivity index (χ1n) is 8.40. The molecule has 6 heteroatoms. The Balaban J connectivity index is 0.00000225. The number of rotatable bonds is 6. The highest BCUT2D eigenvalue weighted by atomic mass is 35.5. The zero-order chi connectivity index (χ0) is 16.8. The molecule has 0 bridgehead atoms. The van der Waals surface area contributed by atoms with Gasteiger partial charge in [0.1, 0.15) is 18.1 Å². The number of piperazine rings is 1. The van der Waals surface area contributed by atoms with Gasteiger partial charge in [-0.1, -0.05) is 6.07 Å². The van der Waals surface area contributed by atoms with Crippen molar-refractivity contribution in [2.24, 2.45) is 0 Å². The van der Waals surface area contributed by atoms with Crippen molar-refractivity contribution in [1.29, 1.82) is 0 Å². The van der Waals surface area contributed by atoms with Gasteiger partial charge in [-0.25, -0.2) is 0 Å². The second-order valence-corrected chi connectivity index (χ2v) is 6.17. The lowest BCUT2D eigenvalue weighted by Crippen LogP contribution is -2.48. The van der Waals surface area contributed by atoms with Gasteiger partial charge in [0.15, 0.2) is 0 Å². The third-order valence-corrected chi connectivity index (χ3v) is 4.22. The molecule has 2 heterocycles. The SMILES string of the molecule is COc1ccc(OCc2ccccn2)c(CN2CCNC(C)C2)c1.Cl. The van der Waals surface area contributed by atoms with Crippen molar-refractivity contribution in [2.75, 3.05) is 26.7 Å². The first-order chi connectivity index (χ1) is 11.7. The van der Waals surface area contributed by atoms with Crippen LogP contribution in [-0.4, -0.2) is 42.7 Å². The summed E-state index contributed by atoms with van der Waals surface area (Å²) in [5.74, 6) is 1.76. The van der Waals surface area contributed by atoms with Crippen LogP contribution in [0.3, 0.4) is 0 Å². The second-order valence-electron chi connectivity index (χ2n) is 6.17. The molecule has 1 N–H and O–H groups in total. The summed E-state index contributed by atoms with van der Waals surface area (Å²) >= 11 is 0. The molecule has 1 aliphatic rings. The molecule has 136 valence electrons. The molecule has 1 aromatic carbocycles. The van der Waals surface area contributed by atoms with Crippen LogP contribution in [0.2, 0.25) is 0 Å². The number of aromatic nitrogens is 1. The standard InChI is InChI=1S/C19H25N3O2.ClH/c1-15-12-22(10-9-20-15)13-16-11-18(23-2)6-7-19(16)24-14-17-5-3-4-8-21-17;/h3-8,11,15,20H,9-10,12-14H2,1-2H3;1H. The second kappa shape index (κ2) is 9.61. The summed E-state index contributed by atoms with van der Waals surface area (Å²) in [5, 5.41) is 3.48. The molecule has 0 spiro atoms. The van der Waals surface area contributed by atoms with Crippen LogP contribution < -0.4 is 14.8 Å². The number of pyridine rings is 1. The van der Waals surface area contributed by atoms with Gasteiger partial charge in [-0.3, -0.25) is 9.88 Å². The third kappa shape index (κ3) is 5.59. The van der Waals surface area contributed by atoms with Gasteiger partial charge in [-0.15, -0.1) is 12.4 Å². The van der Waals surface area contributed by atoms with Crippen molar-refractivity contribution in [3.8, 4) is 11.5 Å². The number of nitrogens with one attached hydrogen (secondary N) is 1. The summed E-state index contributed by atoms with van der Waals surface area (Å²) in [6.07, 6.45) is 1.79. The number of halogens is 1. The Kier molecular flexibility index (Phi) is 7.50. The molecule has 1 fully saturated rings. The summed E-state index contributed by atoms with van der Waals surface area (Å²) in [4.78, 5) is 6.76. The zero-order valence-electron chi connectivity index (χ0n) is 14.8. The van der Waals surface area contributed by atoms with Crippen molar-refractivity contribution < 1.29 is 9.47 Å². The van der Waals surface area contributed by atoms with Crippen LogP contribution in [0.4, 0.5) is 0 Å². The molecule has 5 nitrogen and oxygen atoms in total. The molecule has 1 unspecified atom stereocenters. The minimum Gasteiger partial charge on any atom is -0.497 e. The first-order valence-corrected chi connectivity index (χ1v) is 8.40. The van der Waals surface area contributed by atoms with Crippen molar-refractivity contribution in [1.82, 2.24) is 15.2 Å². The quantitative estimate of drug-likeness (QED) is 0.855. The maximum atomic E-state index is 6.03. The normalized spacial score (nSPS) is 17.6. The molecule has 3 rings (SSSR count). The van der Waals surface area contributed by atoms with Gasteiger partial charge in [0.25, 0.3) is 0 Å². The van der Waals surface area contributed by atoms with E-state index < -0.39 is 0 Å². The van der Waals surface area contributed by atoms with Crippen LogP contribution in [-0.2, 0) is 13.2 Å². The van der Waals surface area contributed by atoms with E-state index in [2.05, 4.69) is 28.2 Å². The highest BCUT2D eigenvalue weighted by molar-refractivity contribution is 5.85. The van der Waals surface area contributed by atoms with E-state index in [1.807, 2.05) is 30.3 Å². The summed E-state index contributed by atoms with van der Waals surface area (Å²) in [6.45, 7) is 6.66. The maximum Gasteiger partial charge on any atom is 0.130 e. The molecular weight excluding hydrogens is 338 g/mol. The number of hydrogen-bond acceptors (Lipinski definition) is 5. The average Bonchev–Trinajstić information content (AvgIpc) is 2.61. The fraction of sp³-hybridized carbons (Fsp3) is 0.421. The molecule has 0 saturated carbocycles. The van der Waals surface area contributed by atoms with Gasteiger partial charge in [0, 0.05) is 44.0 Å². The van der Waals surface area contributed by atoms with Crippen molar-refractivity contribution in [2.45, 2.75) is 26.1 Å². The Morgan fingerprint density at radius 1 is 1.28 bits per heavy atom. The number of nitrogens with zero attached hydrogens (tertiary/aromatic N) is 2. The Morgan fingerprint density at radius 2 is 2.16 bits per heavy atom. The summed E-state index contributed by atoms with van der Waals surface area (Å²) in [5.41, 5.74) is 2.08. The van der Waals surface area contributed by atoms with Crippen molar-refractivity contribution in [3.63, 3.8) is 0 Å². The molecule has 1 saturated heterocycles. The van der Waals surface area contributed by atoms with Crippen LogP contribution in [0.5, 0.6) is 11.5 Å². The van der Waals surface area contributed by atoms with Gasteiger partial charge in [-0.05, 0) is 37.3 Å². The smallest absolute Gasteiger partial charge is 0.130 e. The number of ether oxygens (including phenoxy) is 2. The number of benzene rings is 1. The fourth-order valence-electron chi connectivity index (χ4n) is 2.98. The lowest BCUT2D eigenvalue weighted by atomic mass is 10.1. The molecule has 0 radical (unpaired) electrons. The van der Waals surface area contributed by atoms with E-state index in [0.717, 1.165) is 48.9 Å². The van der Waals surface area contributed by atoms with E-state index >= 15 is 0 Å². The number of hydrogen-bond donors (Lipinski definition) is 1. The summed E-state index contributed by atoms with van der Waals surface area (Å²) in [6, 6.07) is 12.4. The van der Waals surface area contributed by atoms with Gasteiger partial charge < -0.3 is 14.8 Å². The highest BCUT2D eigenvalue weighted by Gasteiger charge is 2.17. The zero-order valence-corrected chi connectivity index (χ0v) is 15.6. The van der Waals surface area contributed by atoms with E-state index in [1.54, 1.807) is 13.3 Å². The van der Waals surface area contributed by atoms with E-state index in [0.29, 0.717) is 12.6 Å². The minimum absolute atomic E-state index is 0. The Bertz CT molecular complexity index is 654. The fourth-order valence-corrected chi connectivity index (χ4v) is 2.98.